The molecule has 9 heteroatoms. The lowest BCUT2D eigenvalue weighted by Gasteiger charge is -2.36. The molecule has 0 saturated carbocycles. The molecular formula is C25H23Cl3N4OS. The van der Waals surface area contributed by atoms with E-state index in [0.29, 0.717) is 10.0 Å². The van der Waals surface area contributed by atoms with Crippen LogP contribution in [-0.2, 0) is 6.54 Å². The van der Waals surface area contributed by atoms with Crippen molar-refractivity contribution >= 4 is 69.4 Å². The Balaban J connectivity index is 1.28. The maximum Gasteiger partial charge on any atom is 0.258 e. The van der Waals surface area contributed by atoms with E-state index in [1.807, 2.05) is 42.5 Å². The molecule has 1 amide bonds. The summed E-state index contributed by atoms with van der Waals surface area (Å²) in [6.45, 7) is 4.67. The van der Waals surface area contributed by atoms with Gasteiger partial charge in [-0.3, -0.25) is 15.0 Å². The number of amides is 1. The van der Waals surface area contributed by atoms with E-state index in [-0.39, 0.29) is 10.7 Å². The second-order valence-electron chi connectivity index (χ2n) is 7.93. The number of benzene rings is 3. The lowest BCUT2D eigenvalue weighted by atomic mass is 10.2. The van der Waals surface area contributed by atoms with Gasteiger partial charge < -0.3 is 10.2 Å². The van der Waals surface area contributed by atoms with Gasteiger partial charge in [0, 0.05) is 54.1 Å². The van der Waals surface area contributed by atoms with Crippen LogP contribution >= 0.6 is 47.0 Å². The Labute approximate surface area is 219 Å². The van der Waals surface area contributed by atoms with Crippen molar-refractivity contribution in [2.45, 2.75) is 6.54 Å². The minimum Gasteiger partial charge on any atom is -0.369 e. The number of carbonyl (C=O) groups excluding carboxylic acids is 1. The molecule has 0 unspecified atom stereocenters. The third-order valence-corrected chi connectivity index (χ3v) is 6.75. The zero-order valence-electron chi connectivity index (χ0n) is 18.2. The molecule has 176 valence electrons. The average Bonchev–Trinajstić information content (AvgIpc) is 2.83. The van der Waals surface area contributed by atoms with Crippen LogP contribution in [0.1, 0.15) is 15.9 Å². The summed E-state index contributed by atoms with van der Waals surface area (Å²) in [6, 6.07) is 20.7. The molecular weight excluding hydrogens is 511 g/mol. The Bertz CT molecular complexity index is 1180. The van der Waals surface area contributed by atoms with Crippen LogP contribution in [0.2, 0.25) is 15.1 Å². The van der Waals surface area contributed by atoms with Crippen molar-refractivity contribution in [1.29, 1.82) is 0 Å². The van der Waals surface area contributed by atoms with Crippen LogP contribution in [0.15, 0.2) is 66.7 Å². The van der Waals surface area contributed by atoms with E-state index in [2.05, 4.69) is 26.5 Å². The molecule has 34 heavy (non-hydrogen) atoms. The predicted octanol–water partition coefficient (Wildman–Crippen LogP) is 6.10. The quantitative estimate of drug-likeness (QED) is 0.388. The third kappa shape index (κ3) is 6.40. The Morgan fingerprint density at radius 2 is 1.59 bits per heavy atom. The molecule has 0 radical (unpaired) electrons. The van der Waals surface area contributed by atoms with E-state index in [1.54, 1.807) is 12.1 Å². The number of carbonyl (C=O) groups is 1. The second-order valence-corrected chi connectivity index (χ2v) is 9.59. The number of piperazine rings is 1. The first-order valence-corrected chi connectivity index (χ1v) is 12.3. The van der Waals surface area contributed by atoms with Gasteiger partial charge in [0.25, 0.3) is 5.91 Å². The van der Waals surface area contributed by atoms with E-state index >= 15 is 0 Å². The molecule has 0 aliphatic carbocycles. The Morgan fingerprint density at radius 3 is 2.29 bits per heavy atom. The number of halogens is 3. The monoisotopic (exact) mass is 532 g/mol. The molecule has 0 atom stereocenters. The second kappa shape index (κ2) is 11.4. The van der Waals surface area contributed by atoms with Crippen molar-refractivity contribution < 1.29 is 4.79 Å². The van der Waals surface area contributed by atoms with Gasteiger partial charge in [0.05, 0.1) is 10.6 Å². The Morgan fingerprint density at radius 1 is 0.882 bits per heavy atom. The highest BCUT2D eigenvalue weighted by Crippen LogP contribution is 2.23. The number of rotatable bonds is 5. The van der Waals surface area contributed by atoms with Crippen LogP contribution in [0.25, 0.3) is 0 Å². The fourth-order valence-corrected chi connectivity index (χ4v) is 4.57. The van der Waals surface area contributed by atoms with E-state index in [4.69, 9.17) is 47.0 Å². The van der Waals surface area contributed by atoms with Crippen LogP contribution in [0.5, 0.6) is 0 Å². The largest absolute Gasteiger partial charge is 0.369 e. The maximum atomic E-state index is 12.4. The minimum atomic E-state index is -0.420. The summed E-state index contributed by atoms with van der Waals surface area (Å²) in [7, 11) is 0. The van der Waals surface area contributed by atoms with Crippen molar-refractivity contribution in [3.05, 3.63) is 92.9 Å². The molecule has 3 aromatic rings. The lowest BCUT2D eigenvalue weighted by molar-refractivity contribution is 0.0978. The molecule has 1 aliphatic rings. The number of thiocarbonyl (C=S) groups is 1. The normalized spacial score (nSPS) is 14.0. The van der Waals surface area contributed by atoms with Crippen molar-refractivity contribution in [3.8, 4) is 0 Å². The first kappa shape index (κ1) is 24.8. The molecule has 1 fully saturated rings. The fraction of sp³-hybridized carbons (Fsp3) is 0.200. The van der Waals surface area contributed by atoms with Crippen molar-refractivity contribution in [1.82, 2.24) is 10.2 Å². The molecule has 3 aromatic carbocycles. The molecule has 1 heterocycles. The molecule has 4 rings (SSSR count). The molecule has 0 aromatic heterocycles. The molecule has 0 spiro atoms. The number of anilines is 2. The summed E-state index contributed by atoms with van der Waals surface area (Å²) in [5, 5.41) is 7.39. The fourth-order valence-electron chi connectivity index (χ4n) is 3.79. The van der Waals surface area contributed by atoms with Gasteiger partial charge in [-0.25, -0.2) is 0 Å². The van der Waals surface area contributed by atoms with Gasteiger partial charge >= 0.3 is 0 Å². The highest BCUT2D eigenvalue weighted by atomic mass is 35.5. The zero-order valence-corrected chi connectivity index (χ0v) is 21.3. The molecule has 1 aliphatic heterocycles. The highest BCUT2D eigenvalue weighted by Gasteiger charge is 2.18. The molecule has 1 saturated heterocycles. The standard InChI is InChI=1S/C25H23Cl3N4OS/c26-18-5-10-23(28)21(15-18)24(33)30-25(34)29-19-6-8-20(9-7-19)32-13-11-31(12-14-32)16-17-3-1-2-4-22(17)27/h1-10,15H,11-14,16H2,(H2,29,30,33,34). The van der Waals surface area contributed by atoms with E-state index in [1.165, 1.54) is 6.07 Å². The van der Waals surface area contributed by atoms with E-state index in [9.17, 15) is 4.79 Å². The number of nitrogens with one attached hydrogen (secondary N) is 2. The van der Waals surface area contributed by atoms with E-state index in [0.717, 1.165) is 54.7 Å². The summed E-state index contributed by atoms with van der Waals surface area (Å²) in [5.74, 6) is -0.420. The number of hydrogen-bond acceptors (Lipinski definition) is 4. The van der Waals surface area contributed by atoms with Crippen molar-refractivity contribution in [2.75, 3.05) is 36.4 Å². The van der Waals surface area contributed by atoms with Gasteiger partial charge in [-0.15, -0.1) is 0 Å². The zero-order chi connectivity index (χ0) is 24.1. The summed E-state index contributed by atoms with van der Waals surface area (Å²) < 4.78 is 0. The smallest absolute Gasteiger partial charge is 0.258 e. The van der Waals surface area contributed by atoms with Gasteiger partial charge in [-0.05, 0) is 66.3 Å². The van der Waals surface area contributed by atoms with Gasteiger partial charge in [-0.2, -0.15) is 0 Å². The summed E-state index contributed by atoms with van der Waals surface area (Å²) >= 11 is 23.6. The van der Waals surface area contributed by atoms with Gasteiger partial charge in [0.15, 0.2) is 5.11 Å². The SMILES string of the molecule is O=C(NC(=S)Nc1ccc(N2CCN(Cc3ccccc3Cl)CC2)cc1)c1cc(Cl)ccc1Cl. The lowest BCUT2D eigenvalue weighted by Crippen LogP contribution is -2.46. The summed E-state index contributed by atoms with van der Waals surface area (Å²) in [6.07, 6.45) is 0. The first-order chi connectivity index (χ1) is 16.4. The Hall–Kier alpha value is -2.35. The number of hydrogen-bond donors (Lipinski definition) is 2. The van der Waals surface area contributed by atoms with Crippen LogP contribution in [-0.4, -0.2) is 42.1 Å². The average molecular weight is 534 g/mol. The topological polar surface area (TPSA) is 47.6 Å². The van der Waals surface area contributed by atoms with Gasteiger partial charge in [-0.1, -0.05) is 53.0 Å². The summed E-state index contributed by atoms with van der Waals surface area (Å²) in [4.78, 5) is 17.2. The van der Waals surface area contributed by atoms with Crippen LogP contribution in [0, 0.1) is 0 Å². The minimum absolute atomic E-state index is 0.182. The van der Waals surface area contributed by atoms with Crippen molar-refractivity contribution in [3.63, 3.8) is 0 Å². The van der Waals surface area contributed by atoms with Crippen LogP contribution in [0.3, 0.4) is 0 Å². The van der Waals surface area contributed by atoms with Gasteiger partial charge in [0.2, 0.25) is 0 Å². The maximum absolute atomic E-state index is 12.4. The van der Waals surface area contributed by atoms with Crippen LogP contribution < -0.4 is 15.5 Å². The van der Waals surface area contributed by atoms with E-state index < -0.39 is 5.91 Å². The van der Waals surface area contributed by atoms with Crippen LogP contribution in [0.4, 0.5) is 11.4 Å². The van der Waals surface area contributed by atoms with Gasteiger partial charge in [0.1, 0.15) is 0 Å². The number of nitrogens with zero attached hydrogens (tertiary/aromatic N) is 2. The third-order valence-electron chi connectivity index (χ3n) is 5.61. The summed E-state index contributed by atoms with van der Waals surface area (Å²) in [5.41, 5.74) is 3.35. The van der Waals surface area contributed by atoms with Crippen molar-refractivity contribution in [2.24, 2.45) is 0 Å². The molecule has 5 nitrogen and oxygen atoms in total. The molecule has 0 bridgehead atoms. The molecule has 2 N–H and O–H groups in total. The Kier molecular flexibility index (Phi) is 8.29. The first-order valence-electron chi connectivity index (χ1n) is 10.8. The predicted molar refractivity (Wildman–Crippen MR) is 146 cm³/mol. The highest BCUT2D eigenvalue weighted by molar-refractivity contribution is 7.80.